The summed E-state index contributed by atoms with van der Waals surface area (Å²) in [5.74, 6) is 0. The second kappa shape index (κ2) is 5.13. The minimum absolute atomic E-state index is 0.360. The first-order valence-corrected chi connectivity index (χ1v) is 6.00. The summed E-state index contributed by atoms with van der Waals surface area (Å²) in [5.41, 5.74) is -0.360. The Morgan fingerprint density at radius 3 is 2.71 bits per heavy atom. The lowest BCUT2D eigenvalue weighted by Gasteiger charge is -2.41. The lowest BCUT2D eigenvalue weighted by atomic mass is 9.83. The maximum atomic E-state index is 10.4. The lowest BCUT2D eigenvalue weighted by molar-refractivity contribution is -0.0433. The van der Waals surface area contributed by atoms with E-state index in [1.807, 2.05) is 0 Å². The highest BCUT2D eigenvalue weighted by Crippen LogP contribution is 2.30. The van der Waals surface area contributed by atoms with Crippen molar-refractivity contribution in [3.8, 4) is 0 Å². The molecule has 2 atom stereocenters. The monoisotopic (exact) mass is 199 g/mol. The van der Waals surface area contributed by atoms with Gasteiger partial charge in [0.05, 0.1) is 5.60 Å². The minimum Gasteiger partial charge on any atom is -0.390 e. The highest BCUT2D eigenvalue weighted by atomic mass is 16.3. The molecule has 0 saturated carbocycles. The Morgan fingerprint density at radius 2 is 2.14 bits per heavy atom. The first kappa shape index (κ1) is 12.0. The Bertz CT molecular complexity index is 172. The molecule has 1 aliphatic heterocycles. The topological polar surface area (TPSA) is 23.5 Å². The van der Waals surface area contributed by atoms with Crippen LogP contribution in [0.25, 0.3) is 0 Å². The van der Waals surface area contributed by atoms with Gasteiger partial charge in [-0.15, -0.1) is 0 Å². The number of hydrogen-bond acceptors (Lipinski definition) is 2. The van der Waals surface area contributed by atoms with Gasteiger partial charge in [0.25, 0.3) is 0 Å². The van der Waals surface area contributed by atoms with Crippen molar-refractivity contribution in [1.29, 1.82) is 0 Å². The van der Waals surface area contributed by atoms with Crippen LogP contribution in [0.1, 0.15) is 52.4 Å². The molecule has 0 aromatic heterocycles. The molecule has 1 fully saturated rings. The van der Waals surface area contributed by atoms with E-state index >= 15 is 0 Å². The van der Waals surface area contributed by atoms with Gasteiger partial charge in [-0.1, -0.05) is 26.2 Å². The average Bonchev–Trinajstić information content (AvgIpc) is 2.13. The number of nitrogens with zero attached hydrogens (tertiary/aromatic N) is 1. The molecule has 1 saturated heterocycles. The third-order valence-electron chi connectivity index (χ3n) is 3.60. The summed E-state index contributed by atoms with van der Waals surface area (Å²) in [5, 5.41) is 10.4. The van der Waals surface area contributed by atoms with Gasteiger partial charge in [-0.05, 0) is 33.2 Å². The molecular formula is C12H25NO. The van der Waals surface area contributed by atoms with E-state index in [4.69, 9.17) is 0 Å². The average molecular weight is 199 g/mol. The summed E-state index contributed by atoms with van der Waals surface area (Å²) in [7, 11) is 2.15. The maximum absolute atomic E-state index is 10.4. The molecule has 0 aromatic carbocycles. The van der Waals surface area contributed by atoms with E-state index in [-0.39, 0.29) is 5.60 Å². The Kier molecular flexibility index (Phi) is 4.39. The zero-order valence-electron chi connectivity index (χ0n) is 9.92. The highest BCUT2D eigenvalue weighted by Gasteiger charge is 2.34. The van der Waals surface area contributed by atoms with Crippen LogP contribution in [-0.4, -0.2) is 35.2 Å². The number of hydrogen-bond donors (Lipinski definition) is 1. The van der Waals surface area contributed by atoms with Gasteiger partial charge in [-0.3, -0.25) is 0 Å². The van der Waals surface area contributed by atoms with Gasteiger partial charge < -0.3 is 10.0 Å². The van der Waals surface area contributed by atoms with Gasteiger partial charge in [0.1, 0.15) is 0 Å². The Labute approximate surface area is 88.3 Å². The van der Waals surface area contributed by atoms with Gasteiger partial charge in [0.2, 0.25) is 0 Å². The molecule has 0 radical (unpaired) electrons. The van der Waals surface area contributed by atoms with E-state index in [1.54, 1.807) is 0 Å². The predicted molar refractivity (Wildman–Crippen MR) is 60.4 cm³/mol. The SMILES string of the molecule is CCCCCC1(O)CCN(C)C(C)C1. The van der Waals surface area contributed by atoms with Gasteiger partial charge in [0, 0.05) is 12.6 Å². The Hall–Kier alpha value is -0.0800. The van der Waals surface area contributed by atoms with Crippen molar-refractivity contribution >= 4 is 0 Å². The van der Waals surface area contributed by atoms with E-state index in [0.717, 1.165) is 25.8 Å². The van der Waals surface area contributed by atoms with Crippen LogP contribution in [0.3, 0.4) is 0 Å². The summed E-state index contributed by atoms with van der Waals surface area (Å²) in [6.45, 7) is 5.47. The molecule has 0 amide bonds. The largest absolute Gasteiger partial charge is 0.390 e. The fourth-order valence-electron chi connectivity index (χ4n) is 2.34. The lowest BCUT2D eigenvalue weighted by Crippen LogP contribution is -2.47. The van der Waals surface area contributed by atoms with Gasteiger partial charge in [0.15, 0.2) is 0 Å². The van der Waals surface area contributed by atoms with E-state index < -0.39 is 0 Å². The van der Waals surface area contributed by atoms with Crippen molar-refractivity contribution < 1.29 is 5.11 Å². The summed E-state index contributed by atoms with van der Waals surface area (Å²) in [6.07, 6.45) is 6.59. The van der Waals surface area contributed by atoms with Crippen LogP contribution in [0.15, 0.2) is 0 Å². The van der Waals surface area contributed by atoms with Crippen LogP contribution in [0.4, 0.5) is 0 Å². The number of rotatable bonds is 4. The van der Waals surface area contributed by atoms with Crippen LogP contribution in [0.2, 0.25) is 0 Å². The fourth-order valence-corrected chi connectivity index (χ4v) is 2.34. The summed E-state index contributed by atoms with van der Waals surface area (Å²) >= 11 is 0. The molecule has 84 valence electrons. The van der Waals surface area contributed by atoms with Crippen LogP contribution in [0.5, 0.6) is 0 Å². The molecule has 2 unspecified atom stereocenters. The van der Waals surface area contributed by atoms with Crippen LogP contribution in [-0.2, 0) is 0 Å². The zero-order valence-corrected chi connectivity index (χ0v) is 9.92. The minimum atomic E-state index is -0.360. The third kappa shape index (κ3) is 3.25. The third-order valence-corrected chi connectivity index (χ3v) is 3.60. The van der Waals surface area contributed by atoms with Gasteiger partial charge in [-0.2, -0.15) is 0 Å². The molecule has 0 spiro atoms. The van der Waals surface area contributed by atoms with Crippen molar-refractivity contribution in [2.45, 2.75) is 64.0 Å². The smallest absolute Gasteiger partial charge is 0.0674 e. The molecule has 14 heavy (non-hydrogen) atoms. The maximum Gasteiger partial charge on any atom is 0.0674 e. The molecule has 1 heterocycles. The standard InChI is InChI=1S/C12H25NO/c1-4-5-6-7-12(14)8-9-13(3)11(2)10-12/h11,14H,4-10H2,1-3H3. The molecule has 1 rings (SSSR count). The van der Waals surface area contributed by atoms with Gasteiger partial charge >= 0.3 is 0 Å². The van der Waals surface area contributed by atoms with Crippen LogP contribution < -0.4 is 0 Å². The van der Waals surface area contributed by atoms with Crippen molar-refractivity contribution in [3.63, 3.8) is 0 Å². The van der Waals surface area contributed by atoms with Crippen LogP contribution >= 0.6 is 0 Å². The normalized spacial score (nSPS) is 34.7. The number of unbranched alkanes of at least 4 members (excludes halogenated alkanes) is 2. The van der Waals surface area contributed by atoms with E-state index in [9.17, 15) is 5.11 Å². The molecule has 2 heteroatoms. The van der Waals surface area contributed by atoms with Crippen molar-refractivity contribution in [2.24, 2.45) is 0 Å². The van der Waals surface area contributed by atoms with Crippen molar-refractivity contribution in [1.82, 2.24) is 4.90 Å². The van der Waals surface area contributed by atoms with Crippen molar-refractivity contribution in [2.75, 3.05) is 13.6 Å². The first-order chi connectivity index (χ1) is 6.57. The van der Waals surface area contributed by atoms with Crippen LogP contribution in [0, 0.1) is 0 Å². The molecule has 0 bridgehead atoms. The Balaban J connectivity index is 2.34. The summed E-state index contributed by atoms with van der Waals surface area (Å²) in [6, 6.07) is 0.537. The predicted octanol–water partition coefficient (Wildman–Crippen LogP) is 2.41. The molecule has 0 aliphatic carbocycles. The second-order valence-electron chi connectivity index (χ2n) is 4.97. The number of piperidine rings is 1. The zero-order chi connectivity index (χ0) is 10.6. The van der Waals surface area contributed by atoms with Gasteiger partial charge in [-0.25, -0.2) is 0 Å². The highest BCUT2D eigenvalue weighted by molar-refractivity contribution is 4.88. The van der Waals surface area contributed by atoms with E-state index in [0.29, 0.717) is 6.04 Å². The van der Waals surface area contributed by atoms with E-state index in [2.05, 4.69) is 25.8 Å². The molecular weight excluding hydrogens is 174 g/mol. The molecule has 0 aromatic rings. The summed E-state index contributed by atoms with van der Waals surface area (Å²) in [4.78, 5) is 2.34. The summed E-state index contributed by atoms with van der Waals surface area (Å²) < 4.78 is 0. The van der Waals surface area contributed by atoms with E-state index in [1.165, 1.54) is 19.3 Å². The second-order valence-corrected chi connectivity index (χ2v) is 4.97. The molecule has 2 nitrogen and oxygen atoms in total. The Morgan fingerprint density at radius 1 is 1.43 bits per heavy atom. The molecule has 1 aliphatic rings. The number of aliphatic hydroxyl groups is 1. The fraction of sp³-hybridized carbons (Fsp3) is 1.00. The number of likely N-dealkylation sites (tertiary alicyclic amines) is 1. The quantitative estimate of drug-likeness (QED) is 0.703. The first-order valence-electron chi connectivity index (χ1n) is 6.00. The molecule has 1 N–H and O–H groups in total. The van der Waals surface area contributed by atoms with Crippen molar-refractivity contribution in [3.05, 3.63) is 0 Å².